The van der Waals surface area contributed by atoms with E-state index in [-0.39, 0.29) is 6.54 Å². The van der Waals surface area contributed by atoms with E-state index in [1.165, 1.54) is 4.90 Å². The quantitative estimate of drug-likeness (QED) is 0.846. The van der Waals surface area contributed by atoms with E-state index in [1.807, 2.05) is 48.5 Å². The second-order valence-electron chi connectivity index (χ2n) is 5.97. The van der Waals surface area contributed by atoms with Crippen molar-refractivity contribution < 1.29 is 14.7 Å². The van der Waals surface area contributed by atoms with E-state index >= 15 is 0 Å². The normalized spacial score (nSPS) is 16.9. The summed E-state index contributed by atoms with van der Waals surface area (Å²) in [7, 11) is 0. The highest BCUT2D eigenvalue weighted by Crippen LogP contribution is 2.19. The molecule has 24 heavy (non-hydrogen) atoms. The molecule has 0 spiro atoms. The van der Waals surface area contributed by atoms with E-state index in [0.29, 0.717) is 25.1 Å². The minimum atomic E-state index is -0.662. The number of aliphatic hydroxyl groups excluding tert-OH is 1. The minimum Gasteiger partial charge on any atom is -0.391 e. The summed E-state index contributed by atoms with van der Waals surface area (Å²) < 4.78 is 0. The van der Waals surface area contributed by atoms with Crippen molar-refractivity contribution in [3.63, 3.8) is 0 Å². The van der Waals surface area contributed by atoms with Crippen molar-refractivity contribution in [2.45, 2.75) is 18.9 Å². The predicted octanol–water partition coefficient (Wildman–Crippen LogP) is 1.81. The monoisotopic (exact) mass is 324 g/mol. The van der Waals surface area contributed by atoms with Gasteiger partial charge in [-0.1, -0.05) is 48.5 Å². The van der Waals surface area contributed by atoms with Crippen molar-refractivity contribution in [1.29, 1.82) is 0 Å². The lowest BCUT2D eigenvalue weighted by atomic mass is 10.0. The van der Waals surface area contributed by atoms with Crippen molar-refractivity contribution in [3.05, 3.63) is 65.7 Å². The Kier molecular flexibility index (Phi) is 4.91. The average Bonchev–Trinajstić information content (AvgIpc) is 3.03. The van der Waals surface area contributed by atoms with E-state index in [2.05, 4.69) is 5.32 Å². The SMILES string of the molecule is O=C(Nc1ccccc1Cc1ccccc1)C(=O)N1CC[C@@H](O)C1. The molecule has 1 fully saturated rings. The zero-order valence-electron chi connectivity index (χ0n) is 13.3. The van der Waals surface area contributed by atoms with Gasteiger partial charge in [0, 0.05) is 18.8 Å². The number of nitrogens with one attached hydrogen (secondary N) is 1. The number of hydrogen-bond donors (Lipinski definition) is 2. The number of carbonyl (C=O) groups excluding carboxylic acids is 2. The van der Waals surface area contributed by atoms with E-state index in [1.54, 1.807) is 6.07 Å². The Labute approximate surface area is 140 Å². The van der Waals surface area contributed by atoms with Crippen LogP contribution in [0.5, 0.6) is 0 Å². The average molecular weight is 324 g/mol. The number of nitrogens with zero attached hydrogens (tertiary/aromatic N) is 1. The van der Waals surface area contributed by atoms with Gasteiger partial charge in [0.05, 0.1) is 6.10 Å². The summed E-state index contributed by atoms with van der Waals surface area (Å²) in [6.45, 7) is 0.636. The largest absolute Gasteiger partial charge is 0.391 e. The number of aliphatic hydroxyl groups is 1. The second-order valence-corrected chi connectivity index (χ2v) is 5.97. The number of β-amino-alcohol motifs (C(OH)–C–C–N with tert-alkyl or cyclic N) is 1. The Hall–Kier alpha value is -2.66. The summed E-state index contributed by atoms with van der Waals surface area (Å²) in [5.74, 6) is -1.26. The van der Waals surface area contributed by atoms with Crippen LogP contribution in [0, 0.1) is 0 Å². The van der Waals surface area contributed by atoms with Crippen LogP contribution in [-0.2, 0) is 16.0 Å². The molecule has 5 heteroatoms. The first-order chi connectivity index (χ1) is 11.6. The van der Waals surface area contributed by atoms with Gasteiger partial charge in [-0.25, -0.2) is 0 Å². The molecule has 5 nitrogen and oxygen atoms in total. The van der Waals surface area contributed by atoms with Crippen molar-refractivity contribution >= 4 is 17.5 Å². The molecule has 2 aromatic rings. The zero-order chi connectivity index (χ0) is 16.9. The van der Waals surface area contributed by atoms with Crippen molar-refractivity contribution in [1.82, 2.24) is 4.90 Å². The standard InChI is InChI=1S/C19H20N2O3/c22-16-10-11-21(13-16)19(24)18(23)20-17-9-5-4-8-15(17)12-14-6-2-1-3-7-14/h1-9,16,22H,10-13H2,(H,20,23)/t16-/m1/s1. The summed E-state index contributed by atoms with van der Waals surface area (Å²) >= 11 is 0. The fourth-order valence-corrected chi connectivity index (χ4v) is 2.86. The van der Waals surface area contributed by atoms with Gasteiger partial charge >= 0.3 is 11.8 Å². The van der Waals surface area contributed by atoms with Crippen LogP contribution >= 0.6 is 0 Å². The van der Waals surface area contributed by atoms with E-state index in [0.717, 1.165) is 11.1 Å². The fraction of sp³-hybridized carbons (Fsp3) is 0.263. The minimum absolute atomic E-state index is 0.220. The molecule has 2 aromatic carbocycles. The number of para-hydroxylation sites is 1. The Morgan fingerprint density at radius 3 is 2.50 bits per heavy atom. The number of likely N-dealkylation sites (tertiary alicyclic amines) is 1. The highest BCUT2D eigenvalue weighted by Gasteiger charge is 2.29. The summed E-state index contributed by atoms with van der Waals surface area (Å²) in [6, 6.07) is 17.4. The van der Waals surface area contributed by atoms with Crippen LogP contribution in [0.2, 0.25) is 0 Å². The molecular formula is C19H20N2O3. The van der Waals surface area contributed by atoms with Crippen molar-refractivity contribution in [2.24, 2.45) is 0 Å². The van der Waals surface area contributed by atoms with E-state index in [9.17, 15) is 14.7 Å². The van der Waals surface area contributed by atoms with Crippen LogP contribution < -0.4 is 5.32 Å². The first kappa shape index (κ1) is 16.2. The van der Waals surface area contributed by atoms with Crippen LogP contribution in [0.25, 0.3) is 0 Å². The van der Waals surface area contributed by atoms with Crippen molar-refractivity contribution in [2.75, 3.05) is 18.4 Å². The molecule has 124 valence electrons. The summed E-state index contributed by atoms with van der Waals surface area (Å²) in [5.41, 5.74) is 2.72. The highest BCUT2D eigenvalue weighted by molar-refractivity contribution is 6.39. The number of carbonyl (C=O) groups is 2. The Bertz CT molecular complexity index is 730. The number of amides is 2. The van der Waals surface area contributed by atoms with Gasteiger partial charge < -0.3 is 15.3 Å². The van der Waals surface area contributed by atoms with Crippen LogP contribution in [0.1, 0.15) is 17.5 Å². The van der Waals surface area contributed by atoms with Crippen molar-refractivity contribution in [3.8, 4) is 0 Å². The highest BCUT2D eigenvalue weighted by atomic mass is 16.3. The Morgan fingerprint density at radius 1 is 1.08 bits per heavy atom. The maximum absolute atomic E-state index is 12.2. The van der Waals surface area contributed by atoms with Gasteiger partial charge in [0.1, 0.15) is 0 Å². The molecule has 2 amide bonds. The molecule has 1 saturated heterocycles. The number of hydrogen-bond acceptors (Lipinski definition) is 3. The molecule has 0 saturated carbocycles. The molecule has 1 atom stereocenters. The van der Waals surface area contributed by atoms with Gasteiger partial charge in [-0.15, -0.1) is 0 Å². The Morgan fingerprint density at radius 2 is 1.79 bits per heavy atom. The van der Waals surface area contributed by atoms with Gasteiger partial charge in [-0.2, -0.15) is 0 Å². The molecule has 1 heterocycles. The molecule has 1 aliphatic rings. The molecule has 1 aliphatic heterocycles. The summed E-state index contributed by atoms with van der Waals surface area (Å²) in [4.78, 5) is 25.8. The molecule has 0 radical (unpaired) electrons. The molecule has 0 bridgehead atoms. The third-order valence-corrected chi connectivity index (χ3v) is 4.15. The number of benzene rings is 2. The zero-order valence-corrected chi connectivity index (χ0v) is 13.3. The number of anilines is 1. The summed E-state index contributed by atoms with van der Waals surface area (Å²) in [6.07, 6.45) is 0.657. The second kappa shape index (κ2) is 7.27. The molecule has 3 rings (SSSR count). The molecule has 0 aromatic heterocycles. The van der Waals surface area contributed by atoms with Crippen LogP contribution in [-0.4, -0.2) is 41.0 Å². The van der Waals surface area contributed by atoms with E-state index in [4.69, 9.17) is 0 Å². The third kappa shape index (κ3) is 3.81. The Balaban J connectivity index is 1.71. The van der Waals surface area contributed by atoms with Gasteiger partial charge in [-0.3, -0.25) is 9.59 Å². The van der Waals surface area contributed by atoms with Crippen LogP contribution in [0.3, 0.4) is 0 Å². The molecule has 2 N–H and O–H groups in total. The first-order valence-corrected chi connectivity index (χ1v) is 8.03. The molecule has 0 unspecified atom stereocenters. The van der Waals surface area contributed by atoms with E-state index < -0.39 is 17.9 Å². The summed E-state index contributed by atoms with van der Waals surface area (Å²) in [5, 5.41) is 12.2. The van der Waals surface area contributed by atoms with Gasteiger partial charge in [-0.05, 0) is 30.0 Å². The van der Waals surface area contributed by atoms with Gasteiger partial charge in [0.2, 0.25) is 0 Å². The lowest BCUT2D eigenvalue weighted by molar-refractivity contribution is -0.142. The van der Waals surface area contributed by atoms with Crippen LogP contribution in [0.4, 0.5) is 5.69 Å². The molecule has 0 aliphatic carbocycles. The van der Waals surface area contributed by atoms with Gasteiger partial charge in [0.25, 0.3) is 0 Å². The third-order valence-electron chi connectivity index (χ3n) is 4.15. The van der Waals surface area contributed by atoms with Gasteiger partial charge in [0.15, 0.2) is 0 Å². The van der Waals surface area contributed by atoms with Crippen LogP contribution in [0.15, 0.2) is 54.6 Å². The maximum Gasteiger partial charge on any atom is 0.313 e. The molecular weight excluding hydrogens is 304 g/mol. The smallest absolute Gasteiger partial charge is 0.313 e. The first-order valence-electron chi connectivity index (χ1n) is 8.03. The lowest BCUT2D eigenvalue weighted by Crippen LogP contribution is -2.38. The maximum atomic E-state index is 12.2. The number of rotatable bonds is 3. The topological polar surface area (TPSA) is 69.6 Å². The fourth-order valence-electron chi connectivity index (χ4n) is 2.86. The lowest BCUT2D eigenvalue weighted by Gasteiger charge is -2.16. The predicted molar refractivity (Wildman–Crippen MR) is 91.5 cm³/mol.